The zero-order valence-electron chi connectivity index (χ0n) is 17.7. The number of hydrogen-bond donors (Lipinski definition) is 2. The van der Waals surface area contributed by atoms with Gasteiger partial charge < -0.3 is 14.8 Å². The van der Waals surface area contributed by atoms with Crippen molar-refractivity contribution in [2.24, 2.45) is 5.92 Å². The number of carbonyl (C=O) groups excluding carboxylic acids is 1. The molecule has 0 spiro atoms. The summed E-state index contributed by atoms with van der Waals surface area (Å²) in [6.45, 7) is 0.932. The molecule has 0 unspecified atom stereocenters. The maximum Gasteiger partial charge on any atom is 0.231 e. The zero-order chi connectivity index (χ0) is 23.6. The Hall–Kier alpha value is -2.89. The van der Waals surface area contributed by atoms with Crippen molar-refractivity contribution >= 4 is 56.6 Å². The van der Waals surface area contributed by atoms with Crippen molar-refractivity contribution in [1.29, 1.82) is 0 Å². The van der Waals surface area contributed by atoms with Crippen molar-refractivity contribution in [2.75, 3.05) is 34.8 Å². The fraction of sp³-hybridized carbons (Fsp3) is 0.318. The molecule has 4 heterocycles. The number of carbonyl (C=O) groups is 1. The van der Waals surface area contributed by atoms with E-state index < -0.39 is 35.0 Å². The van der Waals surface area contributed by atoms with Gasteiger partial charge in [0.2, 0.25) is 5.91 Å². The molecule has 8 nitrogen and oxygen atoms in total. The minimum absolute atomic E-state index is 0.0318. The van der Waals surface area contributed by atoms with Gasteiger partial charge in [-0.05, 0) is 24.1 Å². The summed E-state index contributed by atoms with van der Waals surface area (Å²) in [5, 5.41) is 14.6. The maximum absolute atomic E-state index is 15.6. The van der Waals surface area contributed by atoms with Gasteiger partial charge in [0.15, 0.2) is 11.6 Å². The Morgan fingerprint density at radius 3 is 2.82 bits per heavy atom. The Bertz CT molecular complexity index is 1430. The summed E-state index contributed by atoms with van der Waals surface area (Å²) in [6.07, 6.45) is 2.44. The van der Waals surface area contributed by atoms with E-state index in [-0.39, 0.29) is 11.4 Å². The lowest BCUT2D eigenvalue weighted by Crippen LogP contribution is -2.40. The molecule has 12 heteroatoms. The number of fused-ring (bicyclic) bond motifs is 2. The second kappa shape index (κ2) is 8.10. The molecule has 1 saturated carbocycles. The summed E-state index contributed by atoms with van der Waals surface area (Å²) in [4.78, 5) is 13.9. The third-order valence-electron chi connectivity index (χ3n) is 6.31. The van der Waals surface area contributed by atoms with Crippen LogP contribution in [-0.2, 0) is 16.0 Å². The van der Waals surface area contributed by atoms with Crippen LogP contribution in [0.3, 0.4) is 0 Å². The molecule has 0 bridgehead atoms. The van der Waals surface area contributed by atoms with E-state index in [9.17, 15) is 13.7 Å². The molecule has 0 radical (unpaired) electrons. The fourth-order valence-corrected chi connectivity index (χ4v) is 5.76. The lowest BCUT2D eigenvalue weighted by Gasteiger charge is -2.31. The number of pyridine rings is 1. The number of nitrogens with zero attached hydrogens (tertiary/aromatic N) is 4. The molecule has 176 valence electrons. The van der Waals surface area contributed by atoms with Crippen LogP contribution >= 0.6 is 11.6 Å². The summed E-state index contributed by atoms with van der Waals surface area (Å²) in [5.41, 5.74) is 2.64. The van der Waals surface area contributed by atoms with Crippen molar-refractivity contribution in [3.8, 4) is 11.1 Å². The monoisotopic (exact) mass is 504 g/mol. The average Bonchev–Trinajstić information content (AvgIpc) is 3.18. The van der Waals surface area contributed by atoms with Gasteiger partial charge in [0, 0.05) is 23.2 Å². The van der Waals surface area contributed by atoms with Crippen LogP contribution in [0.4, 0.5) is 20.3 Å². The van der Waals surface area contributed by atoms with Gasteiger partial charge in [-0.25, -0.2) is 13.3 Å². The van der Waals surface area contributed by atoms with Gasteiger partial charge in [0.05, 0.1) is 41.3 Å². The van der Waals surface area contributed by atoms with Gasteiger partial charge in [-0.2, -0.15) is 10.2 Å². The highest BCUT2D eigenvalue weighted by Gasteiger charge is 2.43. The zero-order valence-corrected chi connectivity index (χ0v) is 19.3. The fourth-order valence-electron chi connectivity index (χ4n) is 4.40. The van der Waals surface area contributed by atoms with E-state index >= 15 is 4.39 Å². The minimum atomic E-state index is -1.09. The molecule has 1 aliphatic heterocycles. The molecule has 4 aromatic rings. The van der Waals surface area contributed by atoms with E-state index in [2.05, 4.69) is 20.6 Å². The van der Waals surface area contributed by atoms with Crippen LogP contribution in [0, 0.1) is 11.7 Å². The van der Waals surface area contributed by atoms with Gasteiger partial charge in [0.25, 0.3) is 0 Å². The molecule has 34 heavy (non-hydrogen) atoms. The minimum Gasteiger partial charge on any atom is -0.616 e. The smallest absolute Gasteiger partial charge is 0.231 e. The van der Waals surface area contributed by atoms with Crippen molar-refractivity contribution < 1.29 is 18.1 Å². The largest absolute Gasteiger partial charge is 0.616 e. The van der Waals surface area contributed by atoms with E-state index in [0.717, 1.165) is 0 Å². The summed E-state index contributed by atoms with van der Waals surface area (Å²) in [6, 6.07) is 5.20. The Kier molecular flexibility index (Phi) is 5.16. The molecule has 2 atom stereocenters. The van der Waals surface area contributed by atoms with Gasteiger partial charge in [-0.15, -0.1) is 0 Å². The van der Waals surface area contributed by atoms with Crippen molar-refractivity contribution in [1.82, 2.24) is 19.8 Å². The number of alkyl halides is 1. The lowest BCUT2D eigenvalue weighted by atomic mass is 10.0. The number of anilines is 2. The van der Waals surface area contributed by atoms with E-state index in [1.807, 2.05) is 4.90 Å². The van der Waals surface area contributed by atoms with E-state index in [1.54, 1.807) is 35.1 Å². The molecule has 1 aliphatic carbocycles. The second-order valence-corrected chi connectivity index (χ2v) is 10.6. The number of rotatable bonds is 4. The Labute approximate surface area is 200 Å². The number of nitrogens with one attached hydrogen (secondary N) is 2. The van der Waals surface area contributed by atoms with Crippen LogP contribution in [0.15, 0.2) is 30.6 Å². The summed E-state index contributed by atoms with van der Waals surface area (Å²) < 4.78 is 42.1. The topological polar surface area (TPSA) is 101 Å². The highest BCUT2D eigenvalue weighted by molar-refractivity contribution is 7.91. The van der Waals surface area contributed by atoms with Crippen LogP contribution in [0.25, 0.3) is 27.5 Å². The predicted molar refractivity (Wildman–Crippen MR) is 127 cm³/mol. The quantitative estimate of drug-likeness (QED) is 0.414. The summed E-state index contributed by atoms with van der Waals surface area (Å²) in [5.74, 6) is -0.318. The van der Waals surface area contributed by atoms with Crippen molar-refractivity contribution in [3.63, 3.8) is 0 Å². The molecular weight excluding hydrogens is 486 g/mol. The van der Waals surface area contributed by atoms with Gasteiger partial charge in [-0.1, -0.05) is 22.8 Å². The number of benzene rings is 1. The highest BCUT2D eigenvalue weighted by atomic mass is 35.5. The molecule has 2 aliphatic rings. The number of halogens is 3. The highest BCUT2D eigenvalue weighted by Crippen LogP contribution is 2.43. The number of aromatic amines is 1. The first-order valence-corrected chi connectivity index (χ1v) is 12.7. The maximum atomic E-state index is 15.6. The third-order valence-corrected chi connectivity index (χ3v) is 7.94. The normalized spacial score (nSPS) is 20.9. The molecule has 2 N–H and O–H groups in total. The van der Waals surface area contributed by atoms with E-state index in [4.69, 9.17) is 11.6 Å². The van der Waals surface area contributed by atoms with E-state index in [1.165, 1.54) is 0 Å². The molecule has 6 rings (SSSR count). The number of amides is 1. The van der Waals surface area contributed by atoms with Crippen LogP contribution in [0.5, 0.6) is 0 Å². The lowest BCUT2D eigenvalue weighted by molar-refractivity contribution is -0.117. The van der Waals surface area contributed by atoms with Crippen molar-refractivity contribution in [2.45, 2.75) is 12.6 Å². The molecule has 1 amide bonds. The van der Waals surface area contributed by atoms with Gasteiger partial charge >= 0.3 is 0 Å². The first-order valence-electron chi connectivity index (χ1n) is 10.8. The standard InChI is InChI=1S/C22H19ClF2N6O2S/c23-18-17(14-10-26-28-20(14)21(19(18)25)30-3-5-34(33)6-4-30)11-1-2-31-12(7-11)8-16(29-31)27-22(32)13-9-15(13)24/h1-2,7-8,10,13,15H,3-6,9H2,(H,26,28)(H,27,29,32)/t13-,15+/m1/s1. The first kappa shape index (κ1) is 21.6. The third kappa shape index (κ3) is 3.58. The molecular formula is C22H19ClF2N6O2S. The molecule has 3 aromatic heterocycles. The molecule has 1 aromatic carbocycles. The van der Waals surface area contributed by atoms with Crippen LogP contribution in [0.1, 0.15) is 6.42 Å². The average molecular weight is 505 g/mol. The summed E-state index contributed by atoms with van der Waals surface area (Å²) in [7, 11) is 0. The predicted octanol–water partition coefficient (Wildman–Crippen LogP) is 3.54. The Morgan fingerprint density at radius 1 is 1.32 bits per heavy atom. The van der Waals surface area contributed by atoms with Crippen molar-refractivity contribution in [3.05, 3.63) is 41.4 Å². The van der Waals surface area contributed by atoms with Gasteiger partial charge in [-0.3, -0.25) is 9.89 Å². The van der Waals surface area contributed by atoms with Crippen LogP contribution in [0.2, 0.25) is 5.02 Å². The van der Waals surface area contributed by atoms with Crippen LogP contribution < -0.4 is 10.2 Å². The Morgan fingerprint density at radius 2 is 2.09 bits per heavy atom. The van der Waals surface area contributed by atoms with E-state index in [0.29, 0.717) is 63.6 Å². The summed E-state index contributed by atoms with van der Waals surface area (Å²) >= 11 is 5.68. The first-order chi connectivity index (χ1) is 16.4. The van der Waals surface area contributed by atoms with Gasteiger partial charge in [0.1, 0.15) is 23.4 Å². The SMILES string of the molecule is O=C(Nc1cc2cc(-c3c(Cl)c(F)c(N4CC[S+]([O-])CC4)c4[nH]ncc34)ccn2n1)[C@@H]1C[C@@H]1F. The number of H-pyrrole nitrogens is 1. The number of hydrogen-bond acceptors (Lipinski definition) is 5. The molecule has 2 fully saturated rings. The molecule has 1 saturated heterocycles. The Balaban J connectivity index is 1.39. The van der Waals surface area contributed by atoms with Crippen LogP contribution in [-0.4, -0.2) is 61.0 Å². The second-order valence-electron chi connectivity index (χ2n) is 8.51. The number of aromatic nitrogens is 4.